The molecule has 0 atom stereocenters. The first kappa shape index (κ1) is 8.99. The second kappa shape index (κ2) is 3.65. The van der Waals surface area contributed by atoms with Crippen molar-refractivity contribution >= 4 is 10.8 Å². The van der Waals surface area contributed by atoms with E-state index in [1.165, 1.54) is 0 Å². The number of fused-ring (bicyclic) bond motifs is 1. The van der Waals surface area contributed by atoms with Crippen molar-refractivity contribution in [1.29, 1.82) is 0 Å². The molecule has 0 bridgehead atoms. The van der Waals surface area contributed by atoms with Crippen molar-refractivity contribution in [1.82, 2.24) is 0 Å². The van der Waals surface area contributed by atoms with Gasteiger partial charge >= 0.3 is 0 Å². The predicted molar refractivity (Wildman–Crippen MR) is 53.0 cm³/mol. The second-order valence-electron chi connectivity index (χ2n) is 3.14. The fourth-order valence-corrected chi connectivity index (χ4v) is 1.45. The fourth-order valence-electron chi connectivity index (χ4n) is 1.45. The molecular weight excluding hydrogens is 180 g/mol. The summed E-state index contributed by atoms with van der Waals surface area (Å²) in [4.78, 5) is 4.05. The monoisotopic (exact) mass is 190 g/mol. The van der Waals surface area contributed by atoms with E-state index in [0.717, 1.165) is 16.3 Å². The van der Waals surface area contributed by atoms with E-state index in [2.05, 4.69) is 4.89 Å². The van der Waals surface area contributed by atoms with Crippen LogP contribution in [0.5, 0.6) is 5.75 Å². The van der Waals surface area contributed by atoms with Crippen LogP contribution >= 0.6 is 0 Å². The van der Waals surface area contributed by atoms with Gasteiger partial charge in [-0.2, -0.15) is 0 Å². The smallest absolute Gasteiger partial charge is 0.116 e. The molecule has 3 heteroatoms. The van der Waals surface area contributed by atoms with Gasteiger partial charge in [0.1, 0.15) is 12.4 Å². The molecule has 0 amide bonds. The lowest BCUT2D eigenvalue weighted by atomic mass is 10.1. The van der Waals surface area contributed by atoms with Gasteiger partial charge in [-0.15, -0.1) is 0 Å². The van der Waals surface area contributed by atoms with Crippen molar-refractivity contribution in [3.63, 3.8) is 0 Å². The molecule has 0 aromatic heterocycles. The maximum absolute atomic E-state index is 9.24. The first-order valence-electron chi connectivity index (χ1n) is 4.27. The van der Waals surface area contributed by atoms with Crippen molar-refractivity contribution < 1.29 is 15.3 Å². The van der Waals surface area contributed by atoms with Crippen LogP contribution in [0.25, 0.3) is 10.8 Å². The highest BCUT2D eigenvalue weighted by atomic mass is 17.1. The second-order valence-corrected chi connectivity index (χ2v) is 3.14. The van der Waals surface area contributed by atoms with Gasteiger partial charge in [0.2, 0.25) is 0 Å². The summed E-state index contributed by atoms with van der Waals surface area (Å²) in [5, 5.41) is 19.5. The number of aromatic hydroxyl groups is 1. The average Bonchev–Trinajstić information content (AvgIpc) is 2.19. The molecule has 2 aromatic carbocycles. The van der Waals surface area contributed by atoms with E-state index in [1.807, 2.05) is 24.3 Å². The maximum Gasteiger partial charge on any atom is 0.116 e. The van der Waals surface area contributed by atoms with Crippen LogP contribution in [0.3, 0.4) is 0 Å². The minimum Gasteiger partial charge on any atom is -0.508 e. The molecule has 0 radical (unpaired) electrons. The third-order valence-corrected chi connectivity index (χ3v) is 2.12. The standard InChI is InChI=1S/C11H10O3/c12-11-4-3-9-5-8(7-14-13)1-2-10(9)6-11/h1-6,12-13H,7H2. The van der Waals surface area contributed by atoms with Crippen molar-refractivity contribution in [2.75, 3.05) is 0 Å². The van der Waals surface area contributed by atoms with Gasteiger partial charge in [0.15, 0.2) is 0 Å². The third-order valence-electron chi connectivity index (χ3n) is 2.12. The molecule has 14 heavy (non-hydrogen) atoms. The minimum atomic E-state index is 0.177. The zero-order valence-electron chi connectivity index (χ0n) is 7.47. The van der Waals surface area contributed by atoms with Crippen molar-refractivity contribution in [2.45, 2.75) is 6.61 Å². The van der Waals surface area contributed by atoms with Crippen LogP contribution in [-0.4, -0.2) is 10.4 Å². The summed E-state index contributed by atoms with van der Waals surface area (Å²) in [5.41, 5.74) is 0.894. The molecule has 2 rings (SSSR count). The molecule has 0 saturated carbocycles. The highest BCUT2D eigenvalue weighted by Crippen LogP contribution is 2.21. The number of hydrogen-bond donors (Lipinski definition) is 2. The van der Waals surface area contributed by atoms with E-state index in [4.69, 9.17) is 5.26 Å². The van der Waals surface area contributed by atoms with Gasteiger partial charge < -0.3 is 5.11 Å². The van der Waals surface area contributed by atoms with Gasteiger partial charge in [0.05, 0.1) is 0 Å². The first-order chi connectivity index (χ1) is 6.79. The van der Waals surface area contributed by atoms with Crippen LogP contribution in [0.15, 0.2) is 36.4 Å². The van der Waals surface area contributed by atoms with Crippen LogP contribution in [0.1, 0.15) is 5.56 Å². The normalized spacial score (nSPS) is 10.6. The lowest BCUT2D eigenvalue weighted by Crippen LogP contribution is -1.87. The summed E-state index contributed by atoms with van der Waals surface area (Å²) < 4.78 is 0. The lowest BCUT2D eigenvalue weighted by Gasteiger charge is -2.02. The fraction of sp³-hybridized carbons (Fsp3) is 0.0909. The number of rotatable bonds is 2. The highest BCUT2D eigenvalue weighted by molar-refractivity contribution is 5.84. The van der Waals surface area contributed by atoms with E-state index in [0.29, 0.717) is 0 Å². The van der Waals surface area contributed by atoms with Crippen LogP contribution in [0.2, 0.25) is 0 Å². The van der Waals surface area contributed by atoms with E-state index >= 15 is 0 Å². The molecule has 0 aliphatic heterocycles. The van der Waals surface area contributed by atoms with E-state index < -0.39 is 0 Å². The van der Waals surface area contributed by atoms with Gasteiger partial charge in [-0.05, 0) is 34.5 Å². The lowest BCUT2D eigenvalue weighted by molar-refractivity contribution is -0.252. The summed E-state index contributed by atoms with van der Waals surface area (Å²) in [6.45, 7) is 0.177. The van der Waals surface area contributed by atoms with Crippen molar-refractivity contribution in [3.05, 3.63) is 42.0 Å². The maximum atomic E-state index is 9.24. The molecule has 0 heterocycles. The topological polar surface area (TPSA) is 49.7 Å². The summed E-state index contributed by atoms with van der Waals surface area (Å²) >= 11 is 0. The molecule has 72 valence electrons. The van der Waals surface area contributed by atoms with Crippen molar-refractivity contribution in [2.24, 2.45) is 0 Å². The predicted octanol–water partition coefficient (Wildman–Crippen LogP) is 2.54. The number of benzene rings is 2. The number of phenols is 1. The molecule has 2 N–H and O–H groups in total. The summed E-state index contributed by atoms with van der Waals surface area (Å²) in [6.07, 6.45) is 0. The average molecular weight is 190 g/mol. The zero-order chi connectivity index (χ0) is 9.97. The largest absolute Gasteiger partial charge is 0.508 e. The summed E-state index contributed by atoms with van der Waals surface area (Å²) in [6, 6.07) is 10.8. The van der Waals surface area contributed by atoms with Gasteiger partial charge in [-0.25, -0.2) is 4.89 Å². The van der Waals surface area contributed by atoms with Crippen LogP contribution < -0.4 is 0 Å². The SMILES string of the molecule is OOCc1ccc2cc(O)ccc2c1. The molecule has 0 spiro atoms. The molecule has 0 saturated heterocycles. The number of hydrogen-bond acceptors (Lipinski definition) is 3. The summed E-state index contributed by atoms with van der Waals surface area (Å²) in [7, 11) is 0. The Labute approximate surface area is 81.1 Å². The molecular formula is C11H10O3. The third kappa shape index (κ3) is 1.69. The van der Waals surface area contributed by atoms with Gasteiger partial charge in [0.25, 0.3) is 0 Å². The molecule has 0 aliphatic rings. The number of phenolic OH excluding ortho intramolecular Hbond substituents is 1. The molecule has 3 nitrogen and oxygen atoms in total. The molecule has 0 unspecified atom stereocenters. The Bertz CT molecular complexity index is 451. The van der Waals surface area contributed by atoms with Gasteiger partial charge in [-0.1, -0.05) is 18.2 Å². The van der Waals surface area contributed by atoms with Crippen LogP contribution in [0, 0.1) is 0 Å². The minimum absolute atomic E-state index is 0.177. The van der Waals surface area contributed by atoms with E-state index in [9.17, 15) is 5.11 Å². The summed E-state index contributed by atoms with van der Waals surface area (Å²) in [5.74, 6) is 0.253. The zero-order valence-corrected chi connectivity index (χ0v) is 7.47. The van der Waals surface area contributed by atoms with Crippen LogP contribution in [-0.2, 0) is 11.5 Å². The molecule has 0 aliphatic carbocycles. The Kier molecular flexibility index (Phi) is 2.35. The Morgan fingerprint density at radius 2 is 1.71 bits per heavy atom. The molecule has 2 aromatic rings. The Hall–Kier alpha value is -1.58. The van der Waals surface area contributed by atoms with Crippen LogP contribution in [0.4, 0.5) is 0 Å². The van der Waals surface area contributed by atoms with Gasteiger partial charge in [0, 0.05) is 0 Å². The van der Waals surface area contributed by atoms with Crippen molar-refractivity contribution in [3.8, 4) is 5.75 Å². The Balaban J connectivity index is 2.50. The Morgan fingerprint density at radius 1 is 1.00 bits per heavy atom. The van der Waals surface area contributed by atoms with E-state index in [1.54, 1.807) is 12.1 Å². The molecule has 0 fully saturated rings. The first-order valence-corrected chi connectivity index (χ1v) is 4.27. The van der Waals surface area contributed by atoms with Gasteiger partial charge in [-0.3, -0.25) is 5.26 Å². The highest BCUT2D eigenvalue weighted by Gasteiger charge is 1.97. The quantitative estimate of drug-likeness (QED) is 0.565. The Morgan fingerprint density at radius 3 is 2.50 bits per heavy atom. The van der Waals surface area contributed by atoms with E-state index in [-0.39, 0.29) is 12.4 Å².